The van der Waals surface area contributed by atoms with E-state index in [1.807, 2.05) is 6.92 Å². The van der Waals surface area contributed by atoms with Gasteiger partial charge in [0.25, 0.3) is 0 Å². The van der Waals surface area contributed by atoms with Gasteiger partial charge in [-0.2, -0.15) is 0 Å². The number of hydrogen-bond donors (Lipinski definition) is 0. The molecule has 0 heterocycles. The number of rotatable bonds is 3. The molecule has 0 spiro atoms. The van der Waals surface area contributed by atoms with Crippen LogP contribution in [0, 0.1) is 0 Å². The van der Waals surface area contributed by atoms with Gasteiger partial charge >= 0.3 is 76.0 Å². The topological polar surface area (TPSA) is 9.23 Å². The van der Waals surface area contributed by atoms with Crippen molar-refractivity contribution in [1.29, 1.82) is 0 Å². The first-order valence-electron chi connectivity index (χ1n) is 2.34. The third-order valence-electron chi connectivity index (χ3n) is 0.582. The van der Waals surface area contributed by atoms with Crippen LogP contribution in [0.3, 0.4) is 0 Å². The summed E-state index contributed by atoms with van der Waals surface area (Å²) >= 11 is 1.92. The average molecular weight is 291 g/mol. The second kappa shape index (κ2) is 4.80. The first-order valence-corrected chi connectivity index (χ1v) is 13.3. The Bertz CT molecular complexity index is 82.4. The zero-order valence-electron chi connectivity index (χ0n) is 4.70. The van der Waals surface area contributed by atoms with Gasteiger partial charge in [-0.3, -0.25) is 0 Å². The summed E-state index contributed by atoms with van der Waals surface area (Å²) in [7, 11) is 16.3. The summed E-state index contributed by atoms with van der Waals surface area (Å²) in [6, 6.07) is 0. The molecule has 0 saturated heterocycles. The fourth-order valence-electron chi connectivity index (χ4n) is 0.228. The molecule has 0 fully saturated rings. The molecule has 0 aromatic rings. The molecule has 0 aliphatic heterocycles. The van der Waals surface area contributed by atoms with Gasteiger partial charge in [-0.25, -0.2) is 0 Å². The Morgan fingerprint density at radius 1 is 1.44 bits per heavy atom. The third kappa shape index (κ3) is 7.90. The summed E-state index contributed by atoms with van der Waals surface area (Å²) in [5.41, 5.74) is -0.437. The Labute approximate surface area is 75.2 Å². The van der Waals surface area contributed by atoms with Crippen molar-refractivity contribution < 1.29 is 19.9 Å². The first-order chi connectivity index (χ1) is 3.95. The molecule has 0 aromatic heterocycles. The summed E-state index contributed by atoms with van der Waals surface area (Å²) in [6.07, 6.45) is 0.659. The minimum atomic E-state index is -3.60. The van der Waals surface area contributed by atoms with Crippen molar-refractivity contribution in [3.8, 4) is 0 Å². The van der Waals surface area contributed by atoms with Crippen LogP contribution in [0.1, 0.15) is 13.3 Å². The maximum atomic E-state index is 5.53. The van der Waals surface area contributed by atoms with Crippen LogP contribution in [-0.4, -0.2) is 5.56 Å². The van der Waals surface area contributed by atoms with E-state index >= 15 is 0 Å². The Hall–Kier alpha value is 2.00. The van der Waals surface area contributed by atoms with Crippen molar-refractivity contribution >= 4 is 37.1 Å². The van der Waals surface area contributed by atoms with Gasteiger partial charge in [0.15, 0.2) is 0 Å². The molecule has 0 aromatic carbocycles. The fraction of sp³-hybridized carbons (Fsp3) is 1.00. The van der Waals surface area contributed by atoms with Crippen LogP contribution in [0.5, 0.6) is 0 Å². The van der Waals surface area contributed by atoms with Crippen molar-refractivity contribution in [2.75, 3.05) is 0 Å². The average Bonchev–Trinajstić information content (AvgIpc) is 1.62. The van der Waals surface area contributed by atoms with E-state index in [4.69, 9.17) is 40.0 Å². The summed E-state index contributed by atoms with van der Waals surface area (Å²) in [6.45, 7) is 1.86. The maximum absolute atomic E-state index is 5.53. The normalized spacial score (nSPS) is 15.7. The summed E-state index contributed by atoms with van der Waals surface area (Å²) in [5, 5.41) is 0. The molecule has 9 heavy (non-hydrogen) atoms. The zero-order valence-corrected chi connectivity index (χ0v) is 10.2. The van der Waals surface area contributed by atoms with E-state index in [-0.39, 0.29) is 0 Å². The number of hydrogen-bond acceptors (Lipinski definition) is 1. The fourth-order valence-corrected chi connectivity index (χ4v) is 4.86. The quantitative estimate of drug-likeness (QED) is 0.723. The van der Waals surface area contributed by atoms with Crippen molar-refractivity contribution in [3.63, 3.8) is 0 Å². The molecular weight excluding hydrogens is 285 g/mol. The van der Waals surface area contributed by atoms with E-state index in [1.165, 1.54) is 0 Å². The Morgan fingerprint density at radius 3 is 2.00 bits per heavy atom. The SMILES string of the molecule is CCC(Cl)[O][Zr]([Cl])([Cl])[Cl]. The number of alkyl halides is 1. The molecular formula is C3H6Cl4OZr. The Kier molecular flexibility index (Phi) is 5.86. The van der Waals surface area contributed by atoms with Crippen molar-refractivity contribution in [2.45, 2.75) is 18.9 Å². The predicted octanol–water partition coefficient (Wildman–Crippen LogP) is 3.51. The first kappa shape index (κ1) is 11.0. The Balaban J connectivity index is 3.47. The van der Waals surface area contributed by atoms with Gasteiger partial charge in [-0.15, -0.1) is 0 Å². The van der Waals surface area contributed by atoms with Gasteiger partial charge < -0.3 is 0 Å². The monoisotopic (exact) mass is 288 g/mol. The van der Waals surface area contributed by atoms with E-state index in [0.717, 1.165) is 0 Å². The summed E-state index contributed by atoms with van der Waals surface area (Å²) in [4.78, 5) is 0. The van der Waals surface area contributed by atoms with E-state index in [1.54, 1.807) is 0 Å². The molecule has 0 N–H and O–H groups in total. The molecule has 0 bridgehead atoms. The van der Waals surface area contributed by atoms with Gasteiger partial charge in [-0.1, -0.05) is 0 Å². The molecule has 0 radical (unpaired) electrons. The molecule has 0 aliphatic rings. The van der Waals surface area contributed by atoms with E-state index in [0.29, 0.717) is 6.42 Å². The van der Waals surface area contributed by atoms with Crippen LogP contribution in [0.25, 0.3) is 0 Å². The van der Waals surface area contributed by atoms with Gasteiger partial charge in [-0.05, 0) is 0 Å². The minimum absolute atomic E-state index is 0.437. The van der Waals surface area contributed by atoms with E-state index < -0.39 is 22.7 Å². The molecule has 1 unspecified atom stereocenters. The molecule has 0 aliphatic carbocycles. The van der Waals surface area contributed by atoms with Crippen molar-refractivity contribution in [1.82, 2.24) is 0 Å². The number of halogens is 4. The molecule has 0 amide bonds. The van der Waals surface area contributed by atoms with Crippen LogP contribution < -0.4 is 0 Å². The van der Waals surface area contributed by atoms with Crippen LogP contribution >= 0.6 is 37.1 Å². The Morgan fingerprint density at radius 2 is 1.89 bits per heavy atom. The standard InChI is InChI=1S/C3H6ClO.3ClH.Zr/c1-2-3(4)5;;;;/h3H,2H2,1H3;3*1H;/q-1;;;;+4/p-3. The molecule has 0 saturated carbocycles. The van der Waals surface area contributed by atoms with Crippen LogP contribution in [0.4, 0.5) is 0 Å². The van der Waals surface area contributed by atoms with Crippen LogP contribution in [-0.2, 0) is 19.9 Å². The molecule has 0 rings (SSSR count). The third-order valence-corrected chi connectivity index (χ3v) is 4.28. The van der Waals surface area contributed by atoms with Crippen LogP contribution in [0.15, 0.2) is 0 Å². The van der Waals surface area contributed by atoms with E-state index in [9.17, 15) is 0 Å². The van der Waals surface area contributed by atoms with Crippen molar-refractivity contribution in [2.24, 2.45) is 0 Å². The zero-order chi connectivity index (χ0) is 7.49. The van der Waals surface area contributed by atoms with Gasteiger partial charge in [0, 0.05) is 0 Å². The summed E-state index contributed by atoms with van der Waals surface area (Å²) < 4.78 is 4.86. The van der Waals surface area contributed by atoms with Gasteiger partial charge in [0.05, 0.1) is 0 Å². The second-order valence-corrected chi connectivity index (χ2v) is 17.5. The molecule has 1 nitrogen and oxygen atoms in total. The predicted molar refractivity (Wildman–Crippen MR) is 38.6 cm³/mol. The molecule has 1 atom stereocenters. The molecule has 6 heteroatoms. The van der Waals surface area contributed by atoms with Crippen molar-refractivity contribution in [3.05, 3.63) is 0 Å². The van der Waals surface area contributed by atoms with E-state index in [2.05, 4.69) is 0 Å². The molecule has 56 valence electrons. The second-order valence-electron chi connectivity index (χ2n) is 1.38. The van der Waals surface area contributed by atoms with Gasteiger partial charge in [0.2, 0.25) is 0 Å². The van der Waals surface area contributed by atoms with Gasteiger partial charge in [0.1, 0.15) is 0 Å². The van der Waals surface area contributed by atoms with Crippen LogP contribution in [0.2, 0.25) is 0 Å². The summed E-state index contributed by atoms with van der Waals surface area (Å²) in [5.74, 6) is 0.